The van der Waals surface area contributed by atoms with Crippen molar-refractivity contribution in [3.05, 3.63) is 112 Å². The molecule has 0 unspecified atom stereocenters. The Bertz CT molecular complexity index is 2140. The van der Waals surface area contributed by atoms with Gasteiger partial charge in [0.15, 0.2) is 28.9 Å². The van der Waals surface area contributed by atoms with Crippen molar-refractivity contribution in [2.45, 2.75) is 13.0 Å². The van der Waals surface area contributed by atoms with Crippen molar-refractivity contribution in [2.24, 2.45) is 0 Å². The number of nitrogens with zero attached hydrogens (tertiary/aromatic N) is 5. The van der Waals surface area contributed by atoms with Crippen LogP contribution in [0.3, 0.4) is 0 Å². The first-order valence-corrected chi connectivity index (χ1v) is 16.8. The summed E-state index contributed by atoms with van der Waals surface area (Å²) in [6.45, 7) is 3.59. The number of pyridine rings is 1. The minimum atomic E-state index is -1.05. The molecule has 3 heterocycles. The quantitative estimate of drug-likeness (QED) is 0.155. The van der Waals surface area contributed by atoms with Gasteiger partial charge in [-0.25, -0.2) is 13.8 Å². The van der Waals surface area contributed by atoms with Crippen LogP contribution in [-0.2, 0) is 22.5 Å². The molecule has 0 spiro atoms. The number of rotatable bonds is 13. The van der Waals surface area contributed by atoms with Crippen molar-refractivity contribution in [1.82, 2.24) is 19.4 Å². The number of benzene rings is 3. The van der Waals surface area contributed by atoms with Crippen LogP contribution in [0.4, 0.5) is 26.1 Å². The Hall–Kier alpha value is -5.66. The molecule has 3 aromatic carbocycles. The number of halogens is 2. The third-order valence-electron chi connectivity index (χ3n) is 8.65. The largest absolute Gasteiger partial charge is 0.494 e. The summed E-state index contributed by atoms with van der Waals surface area (Å²) in [5.74, 6) is -2.52. The van der Waals surface area contributed by atoms with Crippen LogP contribution in [0.15, 0.2) is 83.8 Å². The monoisotopic (exact) mass is 710 g/mol. The molecule has 1 aliphatic heterocycles. The van der Waals surface area contributed by atoms with Crippen molar-refractivity contribution >= 4 is 34.1 Å². The number of aromatic nitrogens is 3. The number of carbonyl (C=O) groups is 1. The maximum Gasteiger partial charge on any atom is 0.260 e. The molecular formula is C39H40F2N6O5. The average molecular weight is 711 g/mol. The number of ketones is 1. The first-order chi connectivity index (χ1) is 25.1. The number of ether oxygens (including phenoxy) is 3. The van der Waals surface area contributed by atoms with E-state index in [1.165, 1.54) is 31.0 Å². The fourth-order valence-corrected chi connectivity index (χ4v) is 6.05. The van der Waals surface area contributed by atoms with Gasteiger partial charge < -0.3 is 29.3 Å². The van der Waals surface area contributed by atoms with E-state index in [1.54, 1.807) is 18.2 Å². The van der Waals surface area contributed by atoms with Crippen molar-refractivity contribution in [3.63, 3.8) is 0 Å². The van der Waals surface area contributed by atoms with Crippen molar-refractivity contribution in [1.29, 1.82) is 0 Å². The van der Waals surface area contributed by atoms with Gasteiger partial charge in [-0.3, -0.25) is 14.2 Å². The van der Waals surface area contributed by atoms with Gasteiger partial charge in [0.05, 0.1) is 45.1 Å². The molecule has 0 amide bonds. The number of fused-ring (bicyclic) bond motifs is 1. The Morgan fingerprint density at radius 1 is 0.981 bits per heavy atom. The first-order valence-electron chi connectivity index (χ1n) is 16.8. The highest BCUT2D eigenvalue weighted by atomic mass is 19.1. The lowest BCUT2D eigenvalue weighted by Gasteiger charge is -2.28. The topological polar surface area (TPSA) is 111 Å². The molecule has 1 saturated heterocycles. The van der Waals surface area contributed by atoms with E-state index in [2.05, 4.69) is 15.2 Å². The molecule has 0 atom stereocenters. The SMILES string of the molecule is COc1cc(OC)c(F)c(-c2cc3cnc(Nc4ccc(N5CCOCC5)cc4)nc3n(Cc3cccc(CC(=O)/C=C/CN(C)C)c3)c2=O)c1F. The van der Waals surface area contributed by atoms with E-state index >= 15 is 8.78 Å². The zero-order chi connectivity index (χ0) is 36.8. The van der Waals surface area contributed by atoms with Gasteiger partial charge in [0, 0.05) is 55.1 Å². The molecule has 1 aliphatic rings. The third kappa shape index (κ3) is 8.11. The summed E-state index contributed by atoms with van der Waals surface area (Å²) in [4.78, 5) is 40.4. The van der Waals surface area contributed by atoms with Gasteiger partial charge in [-0.05, 0) is 61.6 Å². The summed E-state index contributed by atoms with van der Waals surface area (Å²) >= 11 is 0. The molecule has 0 saturated carbocycles. The number of anilines is 3. The summed E-state index contributed by atoms with van der Waals surface area (Å²) in [5, 5.41) is 3.57. The molecule has 6 rings (SSSR count). The van der Waals surface area contributed by atoms with Crippen molar-refractivity contribution in [3.8, 4) is 22.6 Å². The molecule has 0 radical (unpaired) electrons. The molecule has 0 bridgehead atoms. The Morgan fingerprint density at radius 2 is 1.67 bits per heavy atom. The predicted octanol–water partition coefficient (Wildman–Crippen LogP) is 5.61. The number of carbonyl (C=O) groups excluding carboxylic acids is 1. The summed E-state index contributed by atoms with van der Waals surface area (Å²) in [7, 11) is 6.32. The van der Waals surface area contributed by atoms with Crippen molar-refractivity contribution < 1.29 is 27.8 Å². The number of likely N-dealkylation sites (N-methyl/N-ethyl adjacent to an activating group) is 1. The van der Waals surface area contributed by atoms with Gasteiger partial charge in [-0.1, -0.05) is 30.3 Å². The summed E-state index contributed by atoms with van der Waals surface area (Å²) in [6.07, 6.45) is 5.02. The fraction of sp³-hybridized carbons (Fsp3) is 0.282. The second-order valence-corrected chi connectivity index (χ2v) is 12.6. The van der Waals surface area contributed by atoms with Gasteiger partial charge in [-0.15, -0.1) is 0 Å². The lowest BCUT2D eigenvalue weighted by atomic mass is 10.0. The average Bonchev–Trinajstić information content (AvgIpc) is 3.14. The first kappa shape index (κ1) is 36.1. The Labute approximate surface area is 300 Å². The Balaban J connectivity index is 1.41. The molecule has 11 nitrogen and oxygen atoms in total. The summed E-state index contributed by atoms with van der Waals surface area (Å²) in [6, 6.07) is 17.6. The van der Waals surface area contributed by atoms with Gasteiger partial charge in [0.1, 0.15) is 5.65 Å². The van der Waals surface area contributed by atoms with Crippen LogP contribution in [0.1, 0.15) is 11.1 Å². The third-order valence-corrected chi connectivity index (χ3v) is 8.65. The fourth-order valence-electron chi connectivity index (χ4n) is 6.05. The van der Waals surface area contributed by atoms with Crippen LogP contribution >= 0.6 is 0 Å². The molecule has 2 aromatic heterocycles. The van der Waals surface area contributed by atoms with Crippen LogP contribution in [0.2, 0.25) is 0 Å². The smallest absolute Gasteiger partial charge is 0.260 e. The highest BCUT2D eigenvalue weighted by Gasteiger charge is 2.26. The zero-order valence-corrected chi connectivity index (χ0v) is 29.5. The predicted molar refractivity (Wildman–Crippen MR) is 197 cm³/mol. The molecule has 0 aliphatic carbocycles. The van der Waals surface area contributed by atoms with Crippen LogP contribution < -0.4 is 25.2 Å². The highest BCUT2D eigenvalue weighted by Crippen LogP contribution is 2.37. The van der Waals surface area contributed by atoms with Crippen LogP contribution in [0.5, 0.6) is 11.5 Å². The second-order valence-electron chi connectivity index (χ2n) is 12.6. The number of allylic oxidation sites excluding steroid dienone is 1. The van der Waals surface area contributed by atoms with Gasteiger partial charge in [-0.2, -0.15) is 4.98 Å². The normalized spacial score (nSPS) is 13.2. The summed E-state index contributed by atoms with van der Waals surface area (Å²) in [5.41, 5.74) is 1.90. The van der Waals surface area contributed by atoms with Gasteiger partial charge in [0.25, 0.3) is 5.56 Å². The maximum absolute atomic E-state index is 15.8. The molecule has 1 N–H and O–H groups in total. The van der Waals surface area contributed by atoms with E-state index in [1.807, 2.05) is 61.5 Å². The highest BCUT2D eigenvalue weighted by molar-refractivity contribution is 5.91. The van der Waals surface area contributed by atoms with E-state index in [-0.39, 0.29) is 47.4 Å². The number of hydrogen-bond donors (Lipinski definition) is 1. The minimum Gasteiger partial charge on any atom is -0.494 e. The van der Waals surface area contributed by atoms with Crippen LogP contribution in [0.25, 0.3) is 22.2 Å². The lowest BCUT2D eigenvalue weighted by molar-refractivity contribution is -0.114. The second kappa shape index (κ2) is 16.1. The van der Waals surface area contributed by atoms with Crippen LogP contribution in [0, 0.1) is 11.6 Å². The number of hydrogen-bond acceptors (Lipinski definition) is 10. The summed E-state index contributed by atoms with van der Waals surface area (Å²) < 4.78 is 48.7. The van der Waals surface area contributed by atoms with E-state index in [9.17, 15) is 9.59 Å². The molecule has 270 valence electrons. The van der Waals surface area contributed by atoms with E-state index in [0.29, 0.717) is 30.7 Å². The minimum absolute atomic E-state index is 0.0171. The van der Waals surface area contributed by atoms with E-state index < -0.39 is 22.8 Å². The maximum atomic E-state index is 15.8. The number of nitrogens with one attached hydrogen (secondary N) is 1. The standard InChI is InChI=1S/C39H40F2N6O5/c1-45(2)14-6-9-30(48)20-25-7-5-8-26(19-25)24-47-37-27(21-31(38(47)49)34-35(40)32(50-3)22-33(51-4)36(34)41)23-42-39(44-37)43-28-10-12-29(13-11-28)46-15-17-52-18-16-46/h5-13,19,21-23H,14-18,20,24H2,1-4H3,(H,42,43,44)/b9-6+. The lowest BCUT2D eigenvalue weighted by Crippen LogP contribution is -2.36. The van der Waals surface area contributed by atoms with Gasteiger partial charge in [0.2, 0.25) is 5.95 Å². The Morgan fingerprint density at radius 3 is 2.35 bits per heavy atom. The van der Waals surface area contributed by atoms with Crippen molar-refractivity contribution in [2.75, 3.05) is 71.4 Å². The van der Waals surface area contributed by atoms with Crippen LogP contribution in [-0.4, -0.2) is 86.4 Å². The zero-order valence-electron chi connectivity index (χ0n) is 29.5. The van der Waals surface area contributed by atoms with Gasteiger partial charge >= 0.3 is 0 Å². The number of methoxy groups -OCH3 is 2. The number of morpholine rings is 1. The molecular weight excluding hydrogens is 670 g/mol. The molecule has 5 aromatic rings. The molecule has 13 heteroatoms. The van der Waals surface area contributed by atoms with E-state index in [0.717, 1.165) is 36.1 Å². The Kier molecular flexibility index (Phi) is 11.2. The molecule has 52 heavy (non-hydrogen) atoms. The van der Waals surface area contributed by atoms with E-state index in [4.69, 9.17) is 19.2 Å². The molecule has 1 fully saturated rings.